The van der Waals surface area contributed by atoms with Crippen LogP contribution in [0, 0.1) is 23.7 Å². The maximum absolute atomic E-state index is 12.9. The van der Waals surface area contributed by atoms with Crippen LogP contribution in [0.5, 0.6) is 0 Å². The average molecular weight is 291 g/mol. The minimum atomic E-state index is -0.620. The van der Waals surface area contributed by atoms with Crippen molar-refractivity contribution < 1.29 is 14.3 Å². The average Bonchev–Trinajstić information content (AvgIpc) is 2.98. The molecule has 116 valence electrons. The Balaban J connectivity index is 2.16. The van der Waals surface area contributed by atoms with E-state index in [0.29, 0.717) is 0 Å². The summed E-state index contributed by atoms with van der Waals surface area (Å²) in [5.74, 6) is -0.512. The van der Waals surface area contributed by atoms with E-state index in [1.54, 1.807) is 0 Å². The Hall–Kier alpha value is -1.16. The fourth-order valence-corrected chi connectivity index (χ4v) is 4.42. The fourth-order valence-electron chi connectivity index (χ4n) is 4.42. The Morgan fingerprint density at radius 2 is 1.29 bits per heavy atom. The standard InChI is InChI=1S/C17H25NO3/c1-9(2)16-7-8-17(21-16,10(3)4)13-12(16)14(19)18(11(5)6)15(13)20/h7-13H,1-6H3. The molecule has 0 radical (unpaired) electrons. The fraction of sp³-hybridized carbons (Fsp3) is 0.765. The Kier molecular flexibility index (Phi) is 2.94. The van der Waals surface area contributed by atoms with Crippen LogP contribution in [0.3, 0.4) is 0 Å². The number of amides is 2. The van der Waals surface area contributed by atoms with E-state index in [2.05, 4.69) is 27.7 Å². The monoisotopic (exact) mass is 291 g/mol. The highest BCUT2D eigenvalue weighted by Crippen LogP contribution is 2.62. The number of rotatable bonds is 3. The molecule has 4 atom stereocenters. The third-order valence-electron chi connectivity index (χ3n) is 5.59. The number of nitrogens with zero attached hydrogens (tertiary/aromatic N) is 1. The number of carbonyl (C=O) groups is 2. The molecular formula is C17H25NO3. The predicted molar refractivity (Wildman–Crippen MR) is 79.3 cm³/mol. The van der Waals surface area contributed by atoms with Gasteiger partial charge in [-0.25, -0.2) is 0 Å². The molecule has 21 heavy (non-hydrogen) atoms. The summed E-state index contributed by atoms with van der Waals surface area (Å²) >= 11 is 0. The van der Waals surface area contributed by atoms with Gasteiger partial charge >= 0.3 is 0 Å². The highest BCUT2D eigenvalue weighted by Gasteiger charge is 2.74. The number of carbonyl (C=O) groups excluding carboxylic acids is 2. The zero-order chi connectivity index (χ0) is 15.7. The highest BCUT2D eigenvalue weighted by atomic mass is 16.5. The molecule has 2 bridgehead atoms. The molecule has 0 spiro atoms. The normalized spacial score (nSPS) is 41.3. The molecule has 2 amide bonds. The smallest absolute Gasteiger partial charge is 0.236 e. The van der Waals surface area contributed by atoms with Crippen LogP contribution in [-0.2, 0) is 14.3 Å². The number of likely N-dealkylation sites (tertiary alicyclic amines) is 1. The van der Waals surface area contributed by atoms with Crippen molar-refractivity contribution in [2.75, 3.05) is 0 Å². The SMILES string of the molecule is CC(C)N1C(=O)C2C(C1=O)C1(C(C)C)C=CC2(C(C)C)O1. The third-order valence-corrected chi connectivity index (χ3v) is 5.59. The molecular weight excluding hydrogens is 266 g/mol. The largest absolute Gasteiger partial charge is 0.358 e. The maximum atomic E-state index is 12.9. The Morgan fingerprint density at radius 3 is 1.57 bits per heavy atom. The lowest BCUT2D eigenvalue weighted by Gasteiger charge is -2.35. The number of ether oxygens (including phenoxy) is 1. The molecule has 0 aromatic rings. The first-order valence-corrected chi connectivity index (χ1v) is 7.96. The second-order valence-electron chi connectivity index (χ2n) is 7.55. The van der Waals surface area contributed by atoms with Gasteiger partial charge in [0.05, 0.1) is 11.8 Å². The summed E-state index contributed by atoms with van der Waals surface area (Å²) in [4.78, 5) is 27.2. The molecule has 3 aliphatic rings. The first-order valence-electron chi connectivity index (χ1n) is 7.96. The summed E-state index contributed by atoms with van der Waals surface area (Å²) in [6.45, 7) is 12.1. The van der Waals surface area contributed by atoms with Gasteiger partial charge in [-0.2, -0.15) is 0 Å². The summed E-state index contributed by atoms with van der Waals surface area (Å²) < 4.78 is 6.43. The van der Waals surface area contributed by atoms with Crippen LogP contribution in [0.1, 0.15) is 41.5 Å². The quantitative estimate of drug-likeness (QED) is 0.592. The van der Waals surface area contributed by atoms with Gasteiger partial charge in [-0.15, -0.1) is 0 Å². The van der Waals surface area contributed by atoms with Crippen molar-refractivity contribution in [2.24, 2.45) is 23.7 Å². The molecule has 4 heteroatoms. The van der Waals surface area contributed by atoms with E-state index < -0.39 is 11.2 Å². The van der Waals surface area contributed by atoms with Crippen molar-refractivity contribution >= 4 is 11.8 Å². The zero-order valence-corrected chi connectivity index (χ0v) is 13.7. The van der Waals surface area contributed by atoms with Gasteiger partial charge in [0.15, 0.2) is 0 Å². The van der Waals surface area contributed by atoms with E-state index in [9.17, 15) is 9.59 Å². The van der Waals surface area contributed by atoms with Crippen LogP contribution in [0.25, 0.3) is 0 Å². The van der Waals surface area contributed by atoms with E-state index in [0.717, 1.165) is 0 Å². The third kappa shape index (κ3) is 1.49. The van der Waals surface area contributed by atoms with E-state index in [1.807, 2.05) is 26.0 Å². The van der Waals surface area contributed by atoms with Crippen LogP contribution in [0.2, 0.25) is 0 Å². The second-order valence-corrected chi connectivity index (χ2v) is 7.55. The zero-order valence-electron chi connectivity index (χ0n) is 13.7. The van der Waals surface area contributed by atoms with Gasteiger partial charge in [-0.1, -0.05) is 39.8 Å². The Morgan fingerprint density at radius 1 is 0.905 bits per heavy atom. The van der Waals surface area contributed by atoms with E-state index in [1.165, 1.54) is 4.90 Å². The van der Waals surface area contributed by atoms with Gasteiger partial charge in [0.2, 0.25) is 11.8 Å². The summed E-state index contributed by atoms with van der Waals surface area (Å²) in [6, 6.07) is -0.0941. The van der Waals surface area contributed by atoms with Crippen LogP contribution in [-0.4, -0.2) is 34.0 Å². The van der Waals surface area contributed by atoms with Crippen LogP contribution < -0.4 is 0 Å². The van der Waals surface area contributed by atoms with Crippen molar-refractivity contribution in [3.05, 3.63) is 12.2 Å². The molecule has 0 aromatic carbocycles. The van der Waals surface area contributed by atoms with E-state index in [-0.39, 0.29) is 41.5 Å². The van der Waals surface area contributed by atoms with Gasteiger partial charge < -0.3 is 4.74 Å². The summed E-state index contributed by atoms with van der Waals surface area (Å²) in [5.41, 5.74) is -1.24. The molecule has 3 aliphatic heterocycles. The molecule has 0 N–H and O–H groups in total. The van der Waals surface area contributed by atoms with Gasteiger partial charge in [0.25, 0.3) is 0 Å². The lowest BCUT2D eigenvalue weighted by Crippen LogP contribution is -2.47. The molecule has 0 aliphatic carbocycles. The number of fused-ring (bicyclic) bond motifs is 5. The molecule has 3 heterocycles. The van der Waals surface area contributed by atoms with Crippen molar-refractivity contribution in [1.29, 1.82) is 0 Å². The van der Waals surface area contributed by atoms with Crippen molar-refractivity contribution in [1.82, 2.24) is 4.90 Å². The molecule has 2 saturated heterocycles. The maximum Gasteiger partial charge on any atom is 0.236 e. The summed E-state index contributed by atoms with van der Waals surface area (Å²) in [7, 11) is 0. The van der Waals surface area contributed by atoms with Crippen LogP contribution >= 0.6 is 0 Å². The van der Waals surface area contributed by atoms with Gasteiger partial charge in [-0.05, 0) is 25.7 Å². The second kappa shape index (κ2) is 4.19. The number of hydrogen-bond donors (Lipinski definition) is 0. The molecule has 2 fully saturated rings. The first-order chi connectivity index (χ1) is 9.69. The molecule has 4 unspecified atom stereocenters. The highest BCUT2D eigenvalue weighted by molar-refractivity contribution is 6.08. The molecule has 4 nitrogen and oxygen atoms in total. The van der Waals surface area contributed by atoms with Crippen molar-refractivity contribution in [3.63, 3.8) is 0 Å². The van der Waals surface area contributed by atoms with Crippen LogP contribution in [0.4, 0.5) is 0 Å². The van der Waals surface area contributed by atoms with E-state index >= 15 is 0 Å². The summed E-state index contributed by atoms with van der Waals surface area (Å²) in [5, 5.41) is 0. The van der Waals surface area contributed by atoms with E-state index in [4.69, 9.17) is 4.74 Å². The molecule has 3 rings (SSSR count). The minimum absolute atomic E-state index is 0.0550. The van der Waals surface area contributed by atoms with Gasteiger partial charge in [0.1, 0.15) is 11.2 Å². The molecule has 0 saturated carbocycles. The predicted octanol–water partition coefficient (Wildman–Crippen LogP) is 2.39. The van der Waals surface area contributed by atoms with Gasteiger partial charge in [-0.3, -0.25) is 14.5 Å². The number of hydrogen-bond acceptors (Lipinski definition) is 3. The number of imide groups is 1. The molecule has 0 aromatic heterocycles. The van der Waals surface area contributed by atoms with Gasteiger partial charge in [0, 0.05) is 6.04 Å². The lowest BCUT2D eigenvalue weighted by atomic mass is 9.66. The summed E-state index contributed by atoms with van der Waals surface area (Å²) in [6.07, 6.45) is 4.10. The van der Waals surface area contributed by atoms with Crippen LogP contribution in [0.15, 0.2) is 12.2 Å². The van der Waals surface area contributed by atoms with Crippen molar-refractivity contribution in [3.8, 4) is 0 Å². The minimum Gasteiger partial charge on any atom is -0.358 e. The lowest BCUT2D eigenvalue weighted by molar-refractivity contribution is -0.154. The Labute approximate surface area is 126 Å². The topological polar surface area (TPSA) is 46.6 Å². The Bertz CT molecular complexity index is 494. The van der Waals surface area contributed by atoms with Crippen molar-refractivity contribution in [2.45, 2.75) is 58.8 Å². The first kappa shape index (κ1) is 14.8.